The van der Waals surface area contributed by atoms with Crippen molar-refractivity contribution < 1.29 is 0 Å². The summed E-state index contributed by atoms with van der Waals surface area (Å²) in [6.07, 6.45) is 6.65. The van der Waals surface area contributed by atoms with Crippen molar-refractivity contribution in [3.8, 4) is 50.2 Å². The van der Waals surface area contributed by atoms with E-state index in [-0.39, 0.29) is 5.41 Å². The van der Waals surface area contributed by atoms with Gasteiger partial charge in [0, 0.05) is 38.7 Å². The number of aromatic nitrogens is 1. The molecule has 2 aliphatic carbocycles. The Balaban J connectivity index is 1.07. The minimum atomic E-state index is -0.112. The van der Waals surface area contributed by atoms with E-state index in [1.54, 1.807) is 0 Å². The van der Waals surface area contributed by atoms with E-state index in [4.69, 9.17) is 0 Å². The Morgan fingerprint density at radius 3 is 1.86 bits per heavy atom. The number of benzene rings is 10. The van der Waals surface area contributed by atoms with Crippen molar-refractivity contribution in [3.05, 3.63) is 241 Å². The first-order valence-corrected chi connectivity index (χ1v) is 24.9. The summed E-state index contributed by atoms with van der Waals surface area (Å²) in [6, 6.07) is 84.3. The SMILES string of the molecule is CC1(C)c2ccccc2-c2cc(N(c3ccc(-c4ccc(C5CCCCC5)cc4)cc3-c3ccccc3)c3cc4ccccc4cc3-c3ccc4c5ccccc5n(-c5ccccc5)c4c3)ccc21. The van der Waals surface area contributed by atoms with Crippen molar-refractivity contribution in [1.29, 1.82) is 0 Å². The number of anilines is 3. The van der Waals surface area contributed by atoms with Crippen LogP contribution in [0.4, 0.5) is 17.1 Å². The molecule has 0 aliphatic heterocycles. The molecule has 0 spiro atoms. The van der Waals surface area contributed by atoms with Crippen LogP contribution in [0.25, 0.3) is 82.8 Å². The van der Waals surface area contributed by atoms with Gasteiger partial charge in [-0.05, 0) is 140 Å². The molecule has 0 saturated heterocycles. The third kappa shape index (κ3) is 7.00. The predicted molar refractivity (Wildman–Crippen MR) is 293 cm³/mol. The molecule has 0 atom stereocenters. The molecule has 0 unspecified atom stereocenters. The Morgan fingerprint density at radius 2 is 1.04 bits per heavy atom. The van der Waals surface area contributed by atoms with Gasteiger partial charge < -0.3 is 9.47 Å². The highest BCUT2D eigenvalue weighted by Crippen LogP contribution is 2.53. The van der Waals surface area contributed by atoms with E-state index in [9.17, 15) is 0 Å². The number of hydrogen-bond donors (Lipinski definition) is 0. The van der Waals surface area contributed by atoms with Crippen LogP contribution in [-0.2, 0) is 5.41 Å². The van der Waals surface area contributed by atoms with Gasteiger partial charge in [-0.2, -0.15) is 0 Å². The Hall–Kier alpha value is -7.94. The zero-order valence-corrected chi connectivity index (χ0v) is 39.4. The van der Waals surface area contributed by atoms with E-state index in [0.29, 0.717) is 5.92 Å². The summed E-state index contributed by atoms with van der Waals surface area (Å²) < 4.78 is 2.43. The van der Waals surface area contributed by atoms with Crippen molar-refractivity contribution in [2.24, 2.45) is 0 Å². The average molecular weight is 887 g/mol. The fourth-order valence-electron chi connectivity index (χ4n) is 12.0. The van der Waals surface area contributed by atoms with Crippen LogP contribution in [0, 0.1) is 0 Å². The highest BCUT2D eigenvalue weighted by molar-refractivity contribution is 6.11. The molecule has 1 aromatic heterocycles. The van der Waals surface area contributed by atoms with Crippen molar-refractivity contribution in [3.63, 3.8) is 0 Å². The van der Waals surface area contributed by atoms with Crippen molar-refractivity contribution >= 4 is 49.6 Å². The summed E-state index contributed by atoms with van der Waals surface area (Å²) in [6.45, 7) is 4.74. The average Bonchev–Trinajstić information content (AvgIpc) is 3.86. The smallest absolute Gasteiger partial charge is 0.0547 e. The van der Waals surface area contributed by atoms with Gasteiger partial charge in [0.1, 0.15) is 0 Å². The molecule has 0 bridgehead atoms. The summed E-state index contributed by atoms with van der Waals surface area (Å²) in [4.78, 5) is 2.56. The first-order valence-electron chi connectivity index (χ1n) is 24.9. The van der Waals surface area contributed by atoms with Gasteiger partial charge in [-0.1, -0.05) is 197 Å². The second-order valence-electron chi connectivity index (χ2n) is 19.9. The molecule has 0 radical (unpaired) electrons. The van der Waals surface area contributed by atoms with Gasteiger partial charge in [0.25, 0.3) is 0 Å². The Kier molecular flexibility index (Phi) is 9.98. The number of fused-ring (bicyclic) bond motifs is 7. The summed E-state index contributed by atoms with van der Waals surface area (Å²) in [5, 5.41) is 4.90. The van der Waals surface area contributed by atoms with Crippen LogP contribution >= 0.6 is 0 Å². The van der Waals surface area contributed by atoms with Crippen LogP contribution in [0.2, 0.25) is 0 Å². The molecule has 1 fully saturated rings. The summed E-state index contributed by atoms with van der Waals surface area (Å²) >= 11 is 0. The lowest BCUT2D eigenvalue weighted by molar-refractivity contribution is 0.443. The summed E-state index contributed by atoms with van der Waals surface area (Å²) in [5.41, 5.74) is 20.8. The number of hydrogen-bond acceptors (Lipinski definition) is 1. The predicted octanol–water partition coefficient (Wildman–Crippen LogP) is 18.8. The van der Waals surface area contributed by atoms with Crippen LogP contribution in [0.15, 0.2) is 224 Å². The van der Waals surface area contributed by atoms with E-state index < -0.39 is 0 Å². The van der Waals surface area contributed by atoms with Gasteiger partial charge in [-0.3, -0.25) is 0 Å². The van der Waals surface area contributed by atoms with Crippen molar-refractivity contribution in [2.75, 3.05) is 4.90 Å². The van der Waals surface area contributed by atoms with Crippen LogP contribution in [0.1, 0.15) is 68.6 Å². The number of para-hydroxylation sites is 2. The first kappa shape index (κ1) is 41.3. The molecule has 2 heteroatoms. The first-order chi connectivity index (χ1) is 34.0. The lowest BCUT2D eigenvalue weighted by Gasteiger charge is -2.31. The Labute approximate surface area is 405 Å². The molecular formula is C67H54N2. The van der Waals surface area contributed by atoms with Crippen molar-refractivity contribution in [2.45, 2.75) is 57.3 Å². The zero-order chi connectivity index (χ0) is 46.1. The molecule has 69 heavy (non-hydrogen) atoms. The largest absolute Gasteiger partial charge is 0.309 e. The van der Waals surface area contributed by atoms with Gasteiger partial charge in [-0.15, -0.1) is 0 Å². The number of nitrogens with zero attached hydrogens (tertiary/aromatic N) is 2. The lowest BCUT2D eigenvalue weighted by atomic mass is 9.82. The van der Waals surface area contributed by atoms with Gasteiger partial charge >= 0.3 is 0 Å². The second kappa shape index (κ2) is 16.7. The van der Waals surface area contributed by atoms with E-state index >= 15 is 0 Å². The molecule has 13 rings (SSSR count). The maximum absolute atomic E-state index is 2.56. The topological polar surface area (TPSA) is 8.17 Å². The maximum Gasteiger partial charge on any atom is 0.0547 e. The molecule has 1 saturated carbocycles. The van der Waals surface area contributed by atoms with Gasteiger partial charge in [0.05, 0.1) is 22.4 Å². The van der Waals surface area contributed by atoms with Crippen LogP contribution in [-0.4, -0.2) is 4.57 Å². The molecule has 2 nitrogen and oxygen atoms in total. The monoisotopic (exact) mass is 886 g/mol. The lowest BCUT2D eigenvalue weighted by Crippen LogP contribution is -2.16. The normalized spacial score (nSPS) is 14.3. The maximum atomic E-state index is 2.56. The Bertz CT molecular complexity index is 3720. The van der Waals surface area contributed by atoms with Gasteiger partial charge in [0.15, 0.2) is 0 Å². The van der Waals surface area contributed by atoms with Crippen LogP contribution in [0.5, 0.6) is 0 Å². The number of rotatable bonds is 8. The molecule has 0 N–H and O–H groups in total. The van der Waals surface area contributed by atoms with E-state index in [1.165, 1.54) is 120 Å². The van der Waals surface area contributed by atoms with E-state index in [0.717, 1.165) is 28.3 Å². The molecule has 2 aliphatic rings. The minimum Gasteiger partial charge on any atom is -0.309 e. The minimum absolute atomic E-state index is 0.112. The van der Waals surface area contributed by atoms with E-state index in [2.05, 4.69) is 248 Å². The molecule has 10 aromatic carbocycles. The zero-order valence-electron chi connectivity index (χ0n) is 39.4. The highest BCUT2D eigenvalue weighted by Gasteiger charge is 2.36. The van der Waals surface area contributed by atoms with Gasteiger partial charge in [-0.25, -0.2) is 0 Å². The Morgan fingerprint density at radius 1 is 0.406 bits per heavy atom. The second-order valence-corrected chi connectivity index (χ2v) is 19.9. The van der Waals surface area contributed by atoms with Crippen LogP contribution < -0.4 is 4.90 Å². The van der Waals surface area contributed by atoms with Crippen molar-refractivity contribution in [1.82, 2.24) is 4.57 Å². The third-order valence-electron chi connectivity index (χ3n) is 15.6. The molecule has 0 amide bonds. The van der Waals surface area contributed by atoms with Gasteiger partial charge in [0.2, 0.25) is 0 Å². The molecule has 11 aromatic rings. The quantitative estimate of drug-likeness (QED) is 0.148. The summed E-state index contributed by atoms with van der Waals surface area (Å²) in [5.74, 6) is 0.673. The highest BCUT2D eigenvalue weighted by atomic mass is 15.1. The molecule has 332 valence electrons. The summed E-state index contributed by atoms with van der Waals surface area (Å²) in [7, 11) is 0. The standard InChI is InChI=1S/C67H54N2/c1-67(2)61-28-16-14-26-55(61)60-44-54(36-38-62(60)67)69(64-39-35-51(41-58(64)48-20-8-4-9-21-48)47-32-30-46(31-33-47)45-18-6-3-7-19-45)66-42-50-23-13-12-22-49(50)40-59(66)52-34-37-57-56-27-15-17-29-63(56)68(65(57)43-52)53-24-10-5-11-25-53/h4-5,8-17,20-45H,3,6-7,18-19H2,1-2H3. The van der Waals surface area contributed by atoms with Crippen LogP contribution in [0.3, 0.4) is 0 Å². The fraction of sp³-hybridized carbons (Fsp3) is 0.134. The molecule has 1 heterocycles. The molecular weight excluding hydrogens is 833 g/mol. The third-order valence-corrected chi connectivity index (χ3v) is 15.6. The fourth-order valence-corrected chi connectivity index (χ4v) is 12.0. The van der Waals surface area contributed by atoms with E-state index in [1.807, 2.05) is 0 Å².